The molecule has 236 valence electrons. The van der Waals surface area contributed by atoms with Crippen molar-refractivity contribution >= 4 is 22.7 Å². The van der Waals surface area contributed by atoms with E-state index in [0.29, 0.717) is 25.8 Å². The number of ether oxygens (including phenoxy) is 1. The standard InChI is InChI=1S/C34H36F3N5O3/c1-41-30-13-9-22(16-28(30)39-40-41)10-14-32(43)31-17-23(15-21-7-11-25(45-2)12-8-21)20-42(31)33(44)29-18-24(19-38-29)26-5-3-4-6-27(26)34(35,36)37/h3-9,11-13,16,23-24,29,31,38H,10,14-15,17-20H2,1-2H3/t23-,24?,29-,31+/m1/s1. The number of nitrogens with zero attached hydrogens (tertiary/aromatic N) is 4. The van der Waals surface area contributed by atoms with Crippen molar-refractivity contribution < 1.29 is 27.5 Å². The number of carbonyl (C=O) groups excluding carboxylic acids is 2. The first-order chi connectivity index (χ1) is 21.6. The molecule has 0 saturated carbocycles. The number of likely N-dealkylation sites (tertiary alicyclic amines) is 1. The number of ketones is 1. The summed E-state index contributed by atoms with van der Waals surface area (Å²) in [5.74, 6) is 0.119. The molecule has 4 aromatic rings. The number of amides is 1. The summed E-state index contributed by atoms with van der Waals surface area (Å²) in [5, 5.41) is 11.4. The number of nitrogens with one attached hydrogen (secondary N) is 1. The minimum atomic E-state index is -4.47. The number of fused-ring (bicyclic) bond motifs is 1. The van der Waals surface area contributed by atoms with Crippen LogP contribution in [0.15, 0.2) is 66.7 Å². The van der Waals surface area contributed by atoms with Crippen molar-refractivity contribution in [1.29, 1.82) is 0 Å². The van der Waals surface area contributed by atoms with Gasteiger partial charge < -0.3 is 15.0 Å². The number of rotatable bonds is 9. The lowest BCUT2D eigenvalue weighted by atomic mass is 9.91. The fraction of sp³-hybridized carbons (Fsp3) is 0.412. The van der Waals surface area contributed by atoms with Crippen LogP contribution in [0.4, 0.5) is 13.2 Å². The van der Waals surface area contributed by atoms with Crippen LogP contribution in [0.5, 0.6) is 5.75 Å². The third-order valence-electron chi connectivity index (χ3n) is 9.20. The van der Waals surface area contributed by atoms with E-state index in [1.165, 1.54) is 12.1 Å². The number of carbonyl (C=O) groups is 2. The topological polar surface area (TPSA) is 89.3 Å². The Kier molecular flexibility index (Phi) is 8.63. The molecule has 8 nitrogen and oxygen atoms in total. The summed E-state index contributed by atoms with van der Waals surface area (Å²) >= 11 is 0. The number of aryl methyl sites for hydroxylation is 2. The molecule has 6 rings (SSSR count). The minimum absolute atomic E-state index is 0.0169. The SMILES string of the molecule is COc1ccc(C[C@@H]2C[C@@H](C(=O)CCc3ccc4c(c3)nnn4C)N(C(=O)[C@H]3CC(c4ccccc4C(F)(F)F)CN3)C2)cc1. The van der Waals surface area contributed by atoms with Crippen molar-refractivity contribution in [2.45, 2.75) is 56.3 Å². The van der Waals surface area contributed by atoms with Gasteiger partial charge in [-0.15, -0.1) is 5.10 Å². The maximum atomic E-state index is 14.0. The van der Waals surface area contributed by atoms with Gasteiger partial charge in [-0.25, -0.2) is 4.68 Å². The van der Waals surface area contributed by atoms with Crippen LogP contribution >= 0.6 is 0 Å². The zero-order valence-corrected chi connectivity index (χ0v) is 25.3. The monoisotopic (exact) mass is 619 g/mol. The van der Waals surface area contributed by atoms with Crippen LogP contribution in [0.1, 0.15) is 47.4 Å². The molecule has 1 unspecified atom stereocenters. The van der Waals surface area contributed by atoms with E-state index >= 15 is 0 Å². The van der Waals surface area contributed by atoms with Crippen molar-refractivity contribution in [1.82, 2.24) is 25.2 Å². The van der Waals surface area contributed by atoms with Gasteiger partial charge in [0.1, 0.15) is 11.3 Å². The maximum absolute atomic E-state index is 14.0. The van der Waals surface area contributed by atoms with Gasteiger partial charge in [-0.2, -0.15) is 13.2 Å². The highest BCUT2D eigenvalue weighted by molar-refractivity contribution is 5.92. The zero-order valence-electron chi connectivity index (χ0n) is 25.3. The predicted octanol–water partition coefficient (Wildman–Crippen LogP) is 5.10. The Labute approximate surface area is 259 Å². The van der Waals surface area contributed by atoms with Gasteiger partial charge in [0.2, 0.25) is 5.91 Å². The summed E-state index contributed by atoms with van der Waals surface area (Å²) in [5.41, 5.74) is 3.23. The lowest BCUT2D eigenvalue weighted by molar-refractivity contribution is -0.139. The Hall–Kier alpha value is -4.25. The summed E-state index contributed by atoms with van der Waals surface area (Å²) in [6.07, 6.45) is -2.24. The highest BCUT2D eigenvalue weighted by Crippen LogP contribution is 2.39. The van der Waals surface area contributed by atoms with Gasteiger partial charge >= 0.3 is 6.18 Å². The van der Waals surface area contributed by atoms with Crippen LogP contribution in [0, 0.1) is 5.92 Å². The van der Waals surface area contributed by atoms with Gasteiger partial charge in [-0.05, 0) is 84.5 Å². The van der Waals surface area contributed by atoms with Crippen LogP contribution in [-0.4, -0.2) is 63.9 Å². The number of aromatic nitrogens is 3. The van der Waals surface area contributed by atoms with E-state index in [9.17, 15) is 22.8 Å². The van der Waals surface area contributed by atoms with E-state index in [1.54, 1.807) is 22.8 Å². The number of hydrogen-bond donors (Lipinski definition) is 1. The predicted molar refractivity (Wildman–Crippen MR) is 163 cm³/mol. The van der Waals surface area contributed by atoms with E-state index in [4.69, 9.17) is 4.74 Å². The fourth-order valence-corrected chi connectivity index (χ4v) is 6.86. The molecule has 2 fully saturated rings. The molecule has 1 amide bonds. The van der Waals surface area contributed by atoms with Gasteiger partial charge in [-0.1, -0.05) is 41.6 Å². The molecular formula is C34H36F3N5O3. The molecule has 2 saturated heterocycles. The first-order valence-electron chi connectivity index (χ1n) is 15.2. The fourth-order valence-electron chi connectivity index (χ4n) is 6.86. The largest absolute Gasteiger partial charge is 0.497 e. The maximum Gasteiger partial charge on any atom is 0.416 e. The number of alkyl halides is 3. The summed E-state index contributed by atoms with van der Waals surface area (Å²) in [7, 11) is 3.43. The Morgan fingerprint density at radius 3 is 2.53 bits per heavy atom. The smallest absolute Gasteiger partial charge is 0.416 e. The van der Waals surface area contributed by atoms with Crippen LogP contribution in [0.25, 0.3) is 11.0 Å². The van der Waals surface area contributed by atoms with E-state index in [1.807, 2.05) is 49.5 Å². The quantitative estimate of drug-likeness (QED) is 0.281. The molecule has 1 aromatic heterocycles. The summed E-state index contributed by atoms with van der Waals surface area (Å²) in [4.78, 5) is 29.4. The highest BCUT2D eigenvalue weighted by Gasteiger charge is 2.44. The molecule has 2 aliphatic heterocycles. The normalized spacial score (nSPS) is 21.8. The number of hydrogen-bond acceptors (Lipinski definition) is 6. The van der Waals surface area contributed by atoms with Gasteiger partial charge in [0.05, 0.1) is 30.3 Å². The van der Waals surface area contributed by atoms with Crippen LogP contribution in [0.2, 0.25) is 0 Å². The molecule has 3 aromatic carbocycles. The van der Waals surface area contributed by atoms with Crippen LogP contribution in [0.3, 0.4) is 0 Å². The van der Waals surface area contributed by atoms with Crippen LogP contribution < -0.4 is 10.1 Å². The third kappa shape index (κ3) is 6.58. The Bertz CT molecular complexity index is 1690. The summed E-state index contributed by atoms with van der Waals surface area (Å²) in [6, 6.07) is 17.9. The molecule has 0 radical (unpaired) electrons. The number of Topliss-reactive ketones (excluding diaryl/α,β-unsaturated/α-hetero) is 1. The Morgan fingerprint density at radius 1 is 1.02 bits per heavy atom. The molecule has 0 aliphatic carbocycles. The minimum Gasteiger partial charge on any atom is -0.497 e. The van der Waals surface area contributed by atoms with Crippen molar-refractivity contribution in [3.05, 3.63) is 89.0 Å². The molecule has 2 aliphatic rings. The summed E-state index contributed by atoms with van der Waals surface area (Å²) in [6.45, 7) is 0.672. The van der Waals surface area contributed by atoms with Gasteiger partial charge in [0, 0.05) is 26.6 Å². The molecular weight excluding hydrogens is 583 g/mol. The van der Waals surface area contributed by atoms with E-state index in [2.05, 4.69) is 15.6 Å². The van der Waals surface area contributed by atoms with E-state index in [-0.39, 0.29) is 42.6 Å². The molecule has 0 bridgehead atoms. The van der Waals surface area contributed by atoms with Gasteiger partial charge in [-0.3, -0.25) is 9.59 Å². The van der Waals surface area contributed by atoms with Gasteiger partial charge in [0.15, 0.2) is 5.78 Å². The lowest BCUT2D eigenvalue weighted by Gasteiger charge is -2.27. The molecule has 0 spiro atoms. The zero-order chi connectivity index (χ0) is 31.7. The second-order valence-electron chi connectivity index (χ2n) is 12.1. The lowest BCUT2D eigenvalue weighted by Crippen LogP contribution is -2.48. The van der Waals surface area contributed by atoms with Crippen molar-refractivity contribution in [2.24, 2.45) is 13.0 Å². The number of benzene rings is 3. The second-order valence-corrected chi connectivity index (χ2v) is 12.1. The Morgan fingerprint density at radius 2 is 1.78 bits per heavy atom. The molecule has 1 N–H and O–H groups in total. The van der Waals surface area contributed by atoms with Crippen molar-refractivity contribution in [3.8, 4) is 5.75 Å². The second kappa shape index (κ2) is 12.6. The number of halogens is 3. The molecule has 4 atom stereocenters. The van der Waals surface area contributed by atoms with Gasteiger partial charge in [0.25, 0.3) is 0 Å². The average Bonchev–Trinajstić information content (AvgIpc) is 3.79. The Balaban J connectivity index is 1.18. The van der Waals surface area contributed by atoms with E-state index in [0.717, 1.165) is 34.0 Å². The van der Waals surface area contributed by atoms with Crippen molar-refractivity contribution in [3.63, 3.8) is 0 Å². The molecule has 11 heteroatoms. The first-order valence-corrected chi connectivity index (χ1v) is 15.2. The first kappa shape index (κ1) is 30.8. The van der Waals surface area contributed by atoms with Crippen LogP contribution in [-0.2, 0) is 35.7 Å². The van der Waals surface area contributed by atoms with Crippen molar-refractivity contribution in [2.75, 3.05) is 20.2 Å². The highest BCUT2D eigenvalue weighted by atomic mass is 19.4. The molecule has 45 heavy (non-hydrogen) atoms. The third-order valence-corrected chi connectivity index (χ3v) is 9.20. The molecule has 3 heterocycles. The number of methoxy groups -OCH3 is 1. The van der Waals surface area contributed by atoms with E-state index < -0.39 is 29.7 Å². The average molecular weight is 620 g/mol. The summed E-state index contributed by atoms with van der Waals surface area (Å²) < 4.78 is 48.2.